The number of hydrogen-bond donors (Lipinski definition) is 0. The fourth-order valence-electron chi connectivity index (χ4n) is 0.945. The first-order valence-electron chi connectivity index (χ1n) is 3.95. The van der Waals surface area contributed by atoms with E-state index in [0.717, 1.165) is 13.2 Å². The van der Waals surface area contributed by atoms with Crippen LogP contribution in [0.15, 0.2) is 18.2 Å². The highest BCUT2D eigenvalue weighted by atomic mass is 19.1. The van der Waals surface area contributed by atoms with Gasteiger partial charge in [0, 0.05) is 5.56 Å². The van der Waals surface area contributed by atoms with E-state index < -0.39 is 17.6 Å². The van der Waals surface area contributed by atoms with Gasteiger partial charge in [0.1, 0.15) is 5.82 Å². The van der Waals surface area contributed by atoms with Crippen LogP contribution in [0.1, 0.15) is 15.9 Å². The van der Waals surface area contributed by atoms with Gasteiger partial charge < -0.3 is 4.74 Å². The van der Waals surface area contributed by atoms with E-state index in [0.29, 0.717) is 5.56 Å². The minimum atomic E-state index is -0.992. The summed E-state index contributed by atoms with van der Waals surface area (Å²) in [6.07, 6.45) is 0. The van der Waals surface area contributed by atoms with E-state index in [1.165, 1.54) is 12.1 Å². The number of carbonyl (C=O) groups excluding carboxylic acids is 2. The Labute approximate surface area is 80.5 Å². The number of hydrogen-bond acceptors (Lipinski definition) is 3. The maximum Gasteiger partial charge on any atom is 0.379 e. The Morgan fingerprint density at radius 3 is 2.50 bits per heavy atom. The van der Waals surface area contributed by atoms with Crippen LogP contribution < -0.4 is 0 Å². The fourth-order valence-corrected chi connectivity index (χ4v) is 0.945. The second kappa shape index (κ2) is 4.00. The van der Waals surface area contributed by atoms with Crippen LogP contribution >= 0.6 is 0 Å². The minimum absolute atomic E-state index is 0.0000463. The summed E-state index contributed by atoms with van der Waals surface area (Å²) >= 11 is 0. The van der Waals surface area contributed by atoms with Gasteiger partial charge in [-0.05, 0) is 18.6 Å². The Kier molecular flexibility index (Phi) is 2.96. The van der Waals surface area contributed by atoms with E-state index >= 15 is 0 Å². The van der Waals surface area contributed by atoms with Crippen LogP contribution in [0.2, 0.25) is 0 Å². The molecule has 0 heterocycles. The number of carbonyl (C=O) groups is 2. The van der Waals surface area contributed by atoms with Crippen molar-refractivity contribution in [2.75, 3.05) is 7.11 Å². The Bertz CT molecular complexity index is 385. The molecule has 0 atom stereocenters. The number of ketones is 1. The van der Waals surface area contributed by atoms with E-state index in [4.69, 9.17) is 0 Å². The summed E-state index contributed by atoms with van der Waals surface area (Å²) in [6.45, 7) is 1.57. The second-order valence-electron chi connectivity index (χ2n) is 2.78. The smallest absolute Gasteiger partial charge is 0.379 e. The van der Waals surface area contributed by atoms with Crippen molar-refractivity contribution in [3.63, 3.8) is 0 Å². The van der Waals surface area contributed by atoms with Crippen molar-refractivity contribution >= 4 is 11.8 Å². The van der Waals surface area contributed by atoms with Crippen molar-refractivity contribution in [1.82, 2.24) is 0 Å². The number of halogens is 1. The molecule has 0 aliphatic heterocycles. The zero-order chi connectivity index (χ0) is 10.7. The molecule has 1 aromatic carbocycles. The molecule has 0 aromatic heterocycles. The van der Waals surface area contributed by atoms with Gasteiger partial charge in [-0.15, -0.1) is 0 Å². The SMILES string of the molecule is COC(=O)C(=O)c1ccc(C)c(F)c1. The standard InChI is InChI=1S/C10H9FO3/c1-6-3-4-7(5-8(6)11)9(12)10(13)14-2/h3-5H,1-2H3. The van der Waals surface area contributed by atoms with Crippen LogP contribution in [0.25, 0.3) is 0 Å². The molecule has 14 heavy (non-hydrogen) atoms. The van der Waals surface area contributed by atoms with Gasteiger partial charge in [-0.3, -0.25) is 4.79 Å². The molecule has 0 saturated carbocycles. The molecule has 0 aliphatic carbocycles. The molecule has 0 spiro atoms. The summed E-state index contributed by atoms with van der Waals surface area (Å²) in [5.41, 5.74) is 0.423. The molecule has 4 heteroatoms. The van der Waals surface area contributed by atoms with Gasteiger partial charge in [-0.25, -0.2) is 9.18 Å². The van der Waals surface area contributed by atoms with Crippen LogP contribution in [0, 0.1) is 12.7 Å². The lowest BCUT2D eigenvalue weighted by Gasteiger charge is -2.00. The van der Waals surface area contributed by atoms with Crippen molar-refractivity contribution in [2.24, 2.45) is 0 Å². The zero-order valence-electron chi connectivity index (χ0n) is 7.83. The van der Waals surface area contributed by atoms with Gasteiger partial charge in [0.25, 0.3) is 5.78 Å². The molecule has 0 radical (unpaired) electrons. The van der Waals surface area contributed by atoms with Gasteiger partial charge in [0.05, 0.1) is 7.11 Å². The third-order valence-electron chi connectivity index (χ3n) is 1.80. The van der Waals surface area contributed by atoms with E-state index in [1.54, 1.807) is 6.92 Å². The molecule has 0 saturated heterocycles. The molecular formula is C10H9FO3. The second-order valence-corrected chi connectivity index (χ2v) is 2.78. The summed E-state index contributed by atoms with van der Waals surface area (Å²) < 4.78 is 17.2. The highest BCUT2D eigenvalue weighted by molar-refractivity contribution is 6.40. The molecule has 3 nitrogen and oxygen atoms in total. The van der Waals surface area contributed by atoms with Gasteiger partial charge in [0.15, 0.2) is 0 Å². The first-order chi connectivity index (χ1) is 6.56. The third-order valence-corrected chi connectivity index (χ3v) is 1.80. The summed E-state index contributed by atoms with van der Waals surface area (Å²) in [5, 5.41) is 0. The van der Waals surface area contributed by atoms with Crippen molar-refractivity contribution in [2.45, 2.75) is 6.92 Å². The number of methoxy groups -OCH3 is 1. The average molecular weight is 196 g/mol. The van der Waals surface area contributed by atoms with Crippen molar-refractivity contribution in [3.8, 4) is 0 Å². The lowest BCUT2D eigenvalue weighted by molar-refractivity contribution is -0.135. The van der Waals surface area contributed by atoms with Crippen LogP contribution in [0.5, 0.6) is 0 Å². The molecule has 74 valence electrons. The number of benzene rings is 1. The Morgan fingerprint density at radius 1 is 1.36 bits per heavy atom. The number of aryl methyl sites for hydroxylation is 1. The van der Waals surface area contributed by atoms with E-state index in [1.807, 2.05) is 0 Å². The Balaban J connectivity index is 3.03. The van der Waals surface area contributed by atoms with E-state index in [-0.39, 0.29) is 5.56 Å². The fraction of sp³-hybridized carbons (Fsp3) is 0.200. The van der Waals surface area contributed by atoms with E-state index in [9.17, 15) is 14.0 Å². The largest absolute Gasteiger partial charge is 0.463 e. The molecule has 0 amide bonds. The zero-order valence-corrected chi connectivity index (χ0v) is 7.83. The minimum Gasteiger partial charge on any atom is -0.463 e. The lowest BCUT2D eigenvalue weighted by Crippen LogP contribution is -2.15. The number of esters is 1. The normalized spacial score (nSPS) is 9.64. The molecule has 0 bridgehead atoms. The Morgan fingerprint density at radius 2 is 2.00 bits per heavy atom. The molecule has 1 aromatic rings. The van der Waals surface area contributed by atoms with Crippen molar-refractivity contribution < 1.29 is 18.7 Å². The van der Waals surface area contributed by atoms with Gasteiger partial charge >= 0.3 is 5.97 Å². The molecule has 1 rings (SSSR count). The summed E-state index contributed by atoms with van der Waals surface area (Å²) in [5.74, 6) is -2.35. The number of rotatable bonds is 2. The lowest BCUT2D eigenvalue weighted by atomic mass is 10.1. The molecule has 0 unspecified atom stereocenters. The van der Waals surface area contributed by atoms with E-state index in [2.05, 4.69) is 4.74 Å². The highest BCUT2D eigenvalue weighted by Gasteiger charge is 2.17. The molecule has 0 fully saturated rings. The van der Waals surface area contributed by atoms with Crippen molar-refractivity contribution in [1.29, 1.82) is 0 Å². The maximum absolute atomic E-state index is 13.0. The molecule has 0 aliphatic rings. The van der Waals surface area contributed by atoms with Crippen LogP contribution in [0.3, 0.4) is 0 Å². The third kappa shape index (κ3) is 1.96. The molecular weight excluding hydrogens is 187 g/mol. The van der Waals surface area contributed by atoms with Crippen LogP contribution in [0.4, 0.5) is 4.39 Å². The quantitative estimate of drug-likeness (QED) is 0.409. The maximum atomic E-state index is 13.0. The van der Waals surface area contributed by atoms with Crippen LogP contribution in [-0.2, 0) is 9.53 Å². The van der Waals surface area contributed by atoms with Gasteiger partial charge in [-0.2, -0.15) is 0 Å². The van der Waals surface area contributed by atoms with Gasteiger partial charge in [-0.1, -0.05) is 12.1 Å². The summed E-state index contributed by atoms with van der Waals surface area (Å²) in [4.78, 5) is 22.0. The Hall–Kier alpha value is -1.71. The predicted molar refractivity (Wildman–Crippen MR) is 47.5 cm³/mol. The van der Waals surface area contributed by atoms with Crippen molar-refractivity contribution in [3.05, 3.63) is 35.1 Å². The summed E-state index contributed by atoms with van der Waals surface area (Å²) in [7, 11) is 1.10. The van der Waals surface area contributed by atoms with Crippen LogP contribution in [-0.4, -0.2) is 18.9 Å². The topological polar surface area (TPSA) is 43.4 Å². The first-order valence-corrected chi connectivity index (χ1v) is 3.95. The molecule has 0 N–H and O–H groups in total. The number of ether oxygens (including phenoxy) is 1. The summed E-state index contributed by atoms with van der Waals surface area (Å²) in [6, 6.07) is 3.84. The first kappa shape index (κ1) is 10.4. The van der Waals surface area contributed by atoms with Gasteiger partial charge in [0.2, 0.25) is 0 Å². The average Bonchev–Trinajstić information content (AvgIpc) is 2.20. The number of Topliss-reactive ketones (excluding diaryl/α,β-unsaturated/α-hetero) is 1. The monoisotopic (exact) mass is 196 g/mol. The highest BCUT2D eigenvalue weighted by Crippen LogP contribution is 2.10. The predicted octanol–water partition coefficient (Wildman–Crippen LogP) is 1.49.